The lowest BCUT2D eigenvalue weighted by Crippen LogP contribution is -2.51. The molecule has 0 saturated heterocycles. The van der Waals surface area contributed by atoms with Crippen LogP contribution in [0.25, 0.3) is 0 Å². The maximum Gasteiger partial charge on any atom is 0.242 e. The van der Waals surface area contributed by atoms with Gasteiger partial charge in [-0.3, -0.25) is 4.79 Å². The van der Waals surface area contributed by atoms with Crippen molar-refractivity contribution in [1.29, 1.82) is 5.26 Å². The second kappa shape index (κ2) is 5.65. The van der Waals surface area contributed by atoms with Gasteiger partial charge in [-0.25, -0.2) is 0 Å². The minimum Gasteiger partial charge on any atom is -0.340 e. The third kappa shape index (κ3) is 3.31. The van der Waals surface area contributed by atoms with Gasteiger partial charge >= 0.3 is 0 Å². The van der Waals surface area contributed by atoms with E-state index in [2.05, 4.69) is 6.07 Å². The Balaban J connectivity index is 2.79. The summed E-state index contributed by atoms with van der Waals surface area (Å²) < 4.78 is 0. The number of carbonyl (C=O) groups is 1. The minimum atomic E-state index is -0.832. The lowest BCUT2D eigenvalue weighted by atomic mass is 9.98. The van der Waals surface area contributed by atoms with Gasteiger partial charge in [-0.2, -0.15) is 5.26 Å². The van der Waals surface area contributed by atoms with E-state index >= 15 is 0 Å². The molecule has 1 aromatic carbocycles. The summed E-state index contributed by atoms with van der Waals surface area (Å²) in [5.41, 5.74) is 6.62. The Labute approximate surface area is 108 Å². The van der Waals surface area contributed by atoms with E-state index in [0.717, 1.165) is 5.56 Å². The van der Waals surface area contributed by atoms with Gasteiger partial charge in [0.25, 0.3) is 0 Å². The van der Waals surface area contributed by atoms with Gasteiger partial charge in [0.1, 0.15) is 0 Å². The Morgan fingerprint density at radius 1 is 1.56 bits per heavy atom. The van der Waals surface area contributed by atoms with Crippen LogP contribution in [-0.4, -0.2) is 23.4 Å². The highest BCUT2D eigenvalue weighted by atomic mass is 16.2. The van der Waals surface area contributed by atoms with Crippen LogP contribution in [0.2, 0.25) is 0 Å². The second-order valence-corrected chi connectivity index (χ2v) is 4.74. The van der Waals surface area contributed by atoms with Crippen molar-refractivity contribution in [3.05, 3.63) is 35.4 Å². The van der Waals surface area contributed by atoms with Gasteiger partial charge in [-0.1, -0.05) is 19.1 Å². The Hall–Kier alpha value is -1.86. The molecule has 96 valence electrons. The number of benzene rings is 1. The van der Waals surface area contributed by atoms with Crippen LogP contribution >= 0.6 is 0 Å². The van der Waals surface area contributed by atoms with Gasteiger partial charge in [0.05, 0.1) is 17.2 Å². The number of amides is 1. The summed E-state index contributed by atoms with van der Waals surface area (Å²) in [6, 6.07) is 9.31. The molecule has 0 bridgehead atoms. The predicted molar refractivity (Wildman–Crippen MR) is 70.5 cm³/mol. The van der Waals surface area contributed by atoms with Gasteiger partial charge in [0, 0.05) is 13.6 Å². The maximum atomic E-state index is 12.1. The van der Waals surface area contributed by atoms with Crippen molar-refractivity contribution in [2.45, 2.75) is 32.4 Å². The molecule has 2 N–H and O–H groups in total. The molecule has 0 fully saturated rings. The van der Waals surface area contributed by atoms with E-state index in [4.69, 9.17) is 11.0 Å². The molecule has 1 amide bonds. The van der Waals surface area contributed by atoms with Crippen molar-refractivity contribution in [3.8, 4) is 6.07 Å². The van der Waals surface area contributed by atoms with Gasteiger partial charge in [0.15, 0.2) is 0 Å². The van der Waals surface area contributed by atoms with Crippen molar-refractivity contribution in [2.75, 3.05) is 7.05 Å². The summed E-state index contributed by atoms with van der Waals surface area (Å²) >= 11 is 0. The first kappa shape index (κ1) is 14.2. The van der Waals surface area contributed by atoms with Crippen LogP contribution in [0.4, 0.5) is 0 Å². The average Bonchev–Trinajstić information content (AvgIpc) is 2.37. The SMILES string of the molecule is CCC(C)(N)C(=O)N(C)Cc1cccc(C#N)c1. The molecule has 1 rings (SSSR count). The van der Waals surface area contributed by atoms with Crippen LogP contribution in [-0.2, 0) is 11.3 Å². The van der Waals surface area contributed by atoms with Crippen LogP contribution in [0.5, 0.6) is 0 Å². The molecule has 0 heterocycles. The largest absolute Gasteiger partial charge is 0.340 e. The third-order valence-electron chi connectivity index (χ3n) is 3.05. The van der Waals surface area contributed by atoms with Gasteiger partial charge in [-0.15, -0.1) is 0 Å². The zero-order chi connectivity index (χ0) is 13.8. The summed E-state index contributed by atoms with van der Waals surface area (Å²) in [7, 11) is 1.72. The highest BCUT2D eigenvalue weighted by Gasteiger charge is 2.28. The lowest BCUT2D eigenvalue weighted by Gasteiger charge is -2.28. The maximum absolute atomic E-state index is 12.1. The number of nitrogens with zero attached hydrogens (tertiary/aromatic N) is 2. The van der Waals surface area contributed by atoms with E-state index < -0.39 is 5.54 Å². The minimum absolute atomic E-state index is 0.0904. The highest BCUT2D eigenvalue weighted by Crippen LogP contribution is 2.12. The molecular weight excluding hydrogens is 226 g/mol. The molecule has 1 atom stereocenters. The molecule has 4 heteroatoms. The lowest BCUT2D eigenvalue weighted by molar-refractivity contribution is -0.135. The fourth-order valence-corrected chi connectivity index (χ4v) is 1.67. The molecule has 1 unspecified atom stereocenters. The number of hydrogen-bond donors (Lipinski definition) is 1. The third-order valence-corrected chi connectivity index (χ3v) is 3.05. The predicted octanol–water partition coefficient (Wildman–Crippen LogP) is 1.64. The van der Waals surface area contributed by atoms with Crippen molar-refractivity contribution < 1.29 is 4.79 Å². The van der Waals surface area contributed by atoms with Crippen molar-refractivity contribution in [2.24, 2.45) is 5.73 Å². The molecule has 0 aliphatic rings. The quantitative estimate of drug-likeness (QED) is 0.876. The summed E-state index contributed by atoms with van der Waals surface area (Å²) in [4.78, 5) is 13.7. The first-order chi connectivity index (χ1) is 8.40. The Morgan fingerprint density at radius 2 is 2.22 bits per heavy atom. The molecule has 0 saturated carbocycles. The smallest absolute Gasteiger partial charge is 0.242 e. The normalized spacial score (nSPS) is 13.5. The van der Waals surface area contributed by atoms with Crippen LogP contribution in [0.3, 0.4) is 0 Å². The van der Waals surface area contributed by atoms with Crippen LogP contribution in [0, 0.1) is 11.3 Å². The molecule has 0 spiro atoms. The molecule has 0 radical (unpaired) electrons. The summed E-state index contributed by atoms with van der Waals surface area (Å²) in [6.07, 6.45) is 0.592. The molecular formula is C14H19N3O. The van der Waals surface area contributed by atoms with Crippen molar-refractivity contribution in [1.82, 2.24) is 4.90 Å². The zero-order valence-corrected chi connectivity index (χ0v) is 11.1. The van der Waals surface area contributed by atoms with E-state index in [1.165, 1.54) is 0 Å². The average molecular weight is 245 g/mol. The molecule has 18 heavy (non-hydrogen) atoms. The van der Waals surface area contributed by atoms with Crippen molar-refractivity contribution >= 4 is 5.91 Å². The summed E-state index contributed by atoms with van der Waals surface area (Å²) in [5.74, 6) is -0.0904. The fraction of sp³-hybridized carbons (Fsp3) is 0.429. The summed E-state index contributed by atoms with van der Waals surface area (Å²) in [5, 5.41) is 8.82. The van der Waals surface area contributed by atoms with Crippen LogP contribution < -0.4 is 5.73 Å². The first-order valence-electron chi connectivity index (χ1n) is 5.94. The molecule has 0 aromatic heterocycles. The van der Waals surface area contributed by atoms with Crippen molar-refractivity contribution in [3.63, 3.8) is 0 Å². The van der Waals surface area contributed by atoms with Gasteiger partial charge < -0.3 is 10.6 Å². The van der Waals surface area contributed by atoms with Crippen LogP contribution in [0.1, 0.15) is 31.4 Å². The zero-order valence-electron chi connectivity index (χ0n) is 11.1. The van der Waals surface area contributed by atoms with E-state index in [1.807, 2.05) is 19.1 Å². The number of carbonyl (C=O) groups excluding carboxylic acids is 1. The molecule has 0 aliphatic heterocycles. The van der Waals surface area contributed by atoms with E-state index in [0.29, 0.717) is 18.5 Å². The van der Waals surface area contributed by atoms with E-state index in [-0.39, 0.29) is 5.91 Å². The summed E-state index contributed by atoms with van der Waals surface area (Å²) in [6.45, 7) is 4.08. The molecule has 4 nitrogen and oxygen atoms in total. The highest BCUT2D eigenvalue weighted by molar-refractivity contribution is 5.85. The number of hydrogen-bond acceptors (Lipinski definition) is 3. The fourth-order valence-electron chi connectivity index (χ4n) is 1.67. The van der Waals surface area contributed by atoms with E-state index in [1.54, 1.807) is 31.0 Å². The molecule has 1 aromatic rings. The Kier molecular flexibility index (Phi) is 4.46. The first-order valence-corrected chi connectivity index (χ1v) is 5.94. The monoisotopic (exact) mass is 245 g/mol. The standard InChI is InChI=1S/C14H19N3O/c1-4-14(2,16)13(18)17(3)10-12-7-5-6-11(8-12)9-15/h5-8H,4,10,16H2,1-3H3. The number of nitriles is 1. The van der Waals surface area contributed by atoms with E-state index in [9.17, 15) is 4.79 Å². The van der Waals surface area contributed by atoms with Crippen LogP contribution in [0.15, 0.2) is 24.3 Å². The van der Waals surface area contributed by atoms with Gasteiger partial charge in [-0.05, 0) is 31.0 Å². The number of likely N-dealkylation sites (N-methyl/N-ethyl adjacent to an activating group) is 1. The number of rotatable bonds is 4. The van der Waals surface area contributed by atoms with Gasteiger partial charge in [0.2, 0.25) is 5.91 Å². The Bertz CT molecular complexity index is 474. The number of nitrogens with two attached hydrogens (primary N) is 1. The second-order valence-electron chi connectivity index (χ2n) is 4.74. The molecule has 0 aliphatic carbocycles. The topological polar surface area (TPSA) is 70.1 Å². The Morgan fingerprint density at radius 3 is 2.78 bits per heavy atom.